The molecule has 118 valence electrons. The number of hydrogen-bond acceptors (Lipinski definition) is 5. The molecule has 23 heavy (non-hydrogen) atoms. The van der Waals surface area contributed by atoms with Gasteiger partial charge in [-0.2, -0.15) is 8.42 Å². The van der Waals surface area contributed by atoms with Gasteiger partial charge in [0.05, 0.1) is 23.9 Å². The van der Waals surface area contributed by atoms with Crippen molar-refractivity contribution >= 4 is 42.9 Å². The van der Waals surface area contributed by atoms with Crippen LogP contribution in [0.5, 0.6) is 5.75 Å². The van der Waals surface area contributed by atoms with Gasteiger partial charge in [0.1, 0.15) is 9.96 Å². The van der Waals surface area contributed by atoms with Crippen molar-refractivity contribution in [2.24, 2.45) is 4.40 Å². The van der Waals surface area contributed by atoms with Gasteiger partial charge in [0, 0.05) is 0 Å². The van der Waals surface area contributed by atoms with Crippen molar-refractivity contribution in [2.75, 3.05) is 7.11 Å². The molecule has 0 aliphatic heterocycles. The fourth-order valence-corrected chi connectivity index (χ4v) is 5.28. The van der Waals surface area contributed by atoms with E-state index in [4.69, 9.17) is 11.2 Å². The quantitative estimate of drug-likeness (QED) is 0.669. The molecule has 3 rings (SSSR count). The van der Waals surface area contributed by atoms with E-state index in [-0.39, 0.29) is 10.8 Å². The molecule has 0 amide bonds. The number of nitrogens with zero attached hydrogens (tertiary/aromatic N) is 2. The zero-order chi connectivity index (χ0) is 16.4. The predicted molar refractivity (Wildman–Crippen MR) is 92.3 cm³/mol. The number of aromatic nitrogens is 1. The number of sulfonamides is 1. The van der Waals surface area contributed by atoms with Crippen LogP contribution in [0, 0.1) is 12.3 Å². The summed E-state index contributed by atoms with van der Waals surface area (Å²) in [6, 6.07) is 8.70. The Bertz CT molecular complexity index is 1050. The topological polar surface area (TPSA) is 60.7 Å². The van der Waals surface area contributed by atoms with E-state index in [0.29, 0.717) is 10.6 Å². The minimum absolute atomic E-state index is 0.208. The SMILES string of the molecule is C#CCn1/c(=N/S(=O)(=O)c2cccs2)sc2cc(OC)ccc21. The van der Waals surface area contributed by atoms with Crippen molar-refractivity contribution in [2.45, 2.75) is 10.8 Å². The molecule has 0 N–H and O–H groups in total. The first kappa shape index (κ1) is 15.8. The zero-order valence-corrected chi connectivity index (χ0v) is 14.5. The summed E-state index contributed by atoms with van der Waals surface area (Å²) in [7, 11) is -2.16. The third-order valence-corrected chi connectivity index (χ3v) is 6.88. The van der Waals surface area contributed by atoms with Gasteiger partial charge in [-0.3, -0.25) is 0 Å². The third kappa shape index (κ3) is 3.03. The number of benzene rings is 1. The second-order valence-corrected chi connectivity index (χ2v) is 8.29. The second-order valence-electron chi connectivity index (χ2n) is 4.51. The highest BCUT2D eigenvalue weighted by atomic mass is 32.2. The van der Waals surface area contributed by atoms with Crippen LogP contribution in [0.25, 0.3) is 10.2 Å². The van der Waals surface area contributed by atoms with Crippen molar-refractivity contribution in [3.63, 3.8) is 0 Å². The lowest BCUT2D eigenvalue weighted by molar-refractivity contribution is 0.415. The lowest BCUT2D eigenvalue weighted by Crippen LogP contribution is -2.16. The van der Waals surface area contributed by atoms with Gasteiger partial charge in [-0.1, -0.05) is 23.3 Å². The minimum atomic E-state index is -3.74. The van der Waals surface area contributed by atoms with Gasteiger partial charge in [0.15, 0.2) is 0 Å². The summed E-state index contributed by atoms with van der Waals surface area (Å²) in [5.74, 6) is 3.23. The number of hydrogen-bond donors (Lipinski definition) is 0. The van der Waals surface area contributed by atoms with Crippen LogP contribution in [0.15, 0.2) is 44.3 Å². The molecule has 0 aliphatic carbocycles. The number of thiazole rings is 1. The Balaban J connectivity index is 2.26. The molecule has 1 aromatic carbocycles. The van der Waals surface area contributed by atoms with Crippen LogP contribution in [0.4, 0.5) is 0 Å². The van der Waals surface area contributed by atoms with Gasteiger partial charge in [0.2, 0.25) is 4.80 Å². The molecule has 0 bridgehead atoms. The molecular formula is C15H12N2O3S3. The highest BCUT2D eigenvalue weighted by Gasteiger charge is 2.15. The number of ether oxygens (including phenoxy) is 1. The van der Waals surface area contributed by atoms with E-state index in [1.54, 1.807) is 29.2 Å². The van der Waals surface area contributed by atoms with Gasteiger partial charge in [-0.25, -0.2) is 0 Å². The van der Waals surface area contributed by atoms with Gasteiger partial charge in [-0.15, -0.1) is 22.2 Å². The minimum Gasteiger partial charge on any atom is -0.497 e. The van der Waals surface area contributed by atoms with Gasteiger partial charge >= 0.3 is 0 Å². The van der Waals surface area contributed by atoms with Crippen LogP contribution in [0.3, 0.4) is 0 Å². The summed E-state index contributed by atoms with van der Waals surface area (Å²) in [6.45, 7) is 0.241. The zero-order valence-electron chi connectivity index (χ0n) is 12.1. The fraction of sp³-hybridized carbons (Fsp3) is 0.133. The van der Waals surface area contributed by atoms with Crippen LogP contribution >= 0.6 is 22.7 Å². The Labute approximate surface area is 141 Å². The Hall–Kier alpha value is -2.08. The van der Waals surface area contributed by atoms with Crippen molar-refractivity contribution in [3.8, 4) is 18.1 Å². The van der Waals surface area contributed by atoms with Crippen molar-refractivity contribution < 1.29 is 13.2 Å². The van der Waals surface area contributed by atoms with Crippen molar-refractivity contribution in [1.29, 1.82) is 0 Å². The molecule has 0 atom stereocenters. The molecule has 2 heterocycles. The van der Waals surface area contributed by atoms with E-state index in [0.717, 1.165) is 21.6 Å². The van der Waals surface area contributed by atoms with Crippen LogP contribution in [0.2, 0.25) is 0 Å². The molecule has 0 spiro atoms. The molecule has 0 saturated heterocycles. The van der Waals surface area contributed by atoms with Crippen LogP contribution < -0.4 is 9.54 Å². The number of thiophene rings is 1. The van der Waals surface area contributed by atoms with E-state index in [2.05, 4.69) is 10.3 Å². The maximum atomic E-state index is 12.4. The maximum absolute atomic E-state index is 12.4. The Morgan fingerprint density at radius 2 is 2.22 bits per heavy atom. The highest BCUT2D eigenvalue weighted by Crippen LogP contribution is 2.24. The molecule has 5 nitrogen and oxygen atoms in total. The van der Waals surface area contributed by atoms with Crippen LogP contribution in [0.1, 0.15) is 0 Å². The van der Waals surface area contributed by atoms with E-state index in [9.17, 15) is 8.42 Å². The van der Waals surface area contributed by atoms with Gasteiger partial charge < -0.3 is 9.30 Å². The van der Waals surface area contributed by atoms with Gasteiger partial charge in [0.25, 0.3) is 10.0 Å². The molecule has 0 unspecified atom stereocenters. The number of terminal acetylenes is 1. The summed E-state index contributed by atoms with van der Waals surface area (Å²) in [5, 5.41) is 1.70. The summed E-state index contributed by atoms with van der Waals surface area (Å²) < 4.78 is 36.7. The summed E-state index contributed by atoms with van der Waals surface area (Å²) >= 11 is 2.40. The first-order valence-electron chi connectivity index (χ1n) is 6.50. The monoisotopic (exact) mass is 364 g/mol. The molecule has 0 aliphatic rings. The largest absolute Gasteiger partial charge is 0.497 e. The first-order chi connectivity index (χ1) is 11.0. The van der Waals surface area contributed by atoms with Crippen LogP contribution in [-0.2, 0) is 16.6 Å². The summed E-state index contributed by atoms with van der Waals surface area (Å²) in [6.07, 6.45) is 5.41. The molecular weight excluding hydrogens is 352 g/mol. The first-order valence-corrected chi connectivity index (χ1v) is 9.64. The third-order valence-electron chi connectivity index (χ3n) is 3.09. The Morgan fingerprint density at radius 1 is 1.39 bits per heavy atom. The smallest absolute Gasteiger partial charge is 0.294 e. The average molecular weight is 364 g/mol. The Kier molecular flexibility index (Phi) is 4.26. The van der Waals surface area contributed by atoms with Gasteiger partial charge in [-0.05, 0) is 29.6 Å². The van der Waals surface area contributed by atoms with E-state index < -0.39 is 10.0 Å². The standard InChI is InChI=1S/C15H12N2O3S3/c1-3-8-17-12-7-6-11(20-2)10-13(12)22-15(17)16-23(18,19)14-5-4-9-21-14/h1,4-7,9-10H,8H2,2H3/b16-15-. The summed E-state index contributed by atoms with van der Waals surface area (Å²) in [5.41, 5.74) is 0.828. The van der Waals surface area contributed by atoms with Crippen LogP contribution in [-0.4, -0.2) is 20.1 Å². The predicted octanol–water partition coefficient (Wildman–Crippen LogP) is 2.70. The van der Waals surface area contributed by atoms with Crippen molar-refractivity contribution in [1.82, 2.24) is 4.57 Å². The fourth-order valence-electron chi connectivity index (χ4n) is 2.05. The maximum Gasteiger partial charge on any atom is 0.294 e. The lowest BCUT2D eigenvalue weighted by Gasteiger charge is -2.01. The number of methoxy groups -OCH3 is 1. The van der Waals surface area contributed by atoms with E-state index in [1.165, 1.54) is 17.4 Å². The highest BCUT2D eigenvalue weighted by molar-refractivity contribution is 7.92. The normalized spacial score (nSPS) is 12.4. The molecule has 0 radical (unpaired) electrons. The summed E-state index contributed by atoms with van der Waals surface area (Å²) in [4.78, 5) is 0.347. The molecule has 8 heteroatoms. The lowest BCUT2D eigenvalue weighted by atomic mass is 10.3. The van der Waals surface area contributed by atoms with E-state index in [1.807, 2.05) is 12.1 Å². The number of fused-ring (bicyclic) bond motifs is 1. The van der Waals surface area contributed by atoms with Crippen molar-refractivity contribution in [3.05, 3.63) is 40.5 Å². The average Bonchev–Trinajstić information content (AvgIpc) is 3.16. The molecule has 0 fully saturated rings. The Morgan fingerprint density at radius 3 is 2.87 bits per heavy atom. The number of rotatable bonds is 4. The second kappa shape index (κ2) is 6.20. The van der Waals surface area contributed by atoms with E-state index >= 15 is 0 Å². The molecule has 0 saturated carbocycles. The molecule has 3 aromatic rings. The molecule has 2 aromatic heterocycles.